The van der Waals surface area contributed by atoms with E-state index in [9.17, 15) is 14.4 Å². The van der Waals surface area contributed by atoms with E-state index < -0.39 is 11.9 Å². The third kappa shape index (κ3) is 6.29. The van der Waals surface area contributed by atoms with Crippen LogP contribution in [0, 0.1) is 0 Å². The van der Waals surface area contributed by atoms with Gasteiger partial charge in [0.1, 0.15) is 23.7 Å². The lowest BCUT2D eigenvalue weighted by Gasteiger charge is -2.19. The van der Waals surface area contributed by atoms with Gasteiger partial charge in [-0.05, 0) is 41.0 Å². The van der Waals surface area contributed by atoms with Gasteiger partial charge in [-0.3, -0.25) is 9.59 Å². The van der Waals surface area contributed by atoms with Crippen LogP contribution in [0.5, 0.6) is 11.5 Å². The molecule has 5 rings (SSSR count). The minimum Gasteiger partial charge on any atom is -0.488 e. The molecule has 5 aromatic carbocycles. The zero-order valence-electron chi connectivity index (χ0n) is 23.2. The molecule has 0 radical (unpaired) electrons. The van der Waals surface area contributed by atoms with Crippen molar-refractivity contribution in [3.05, 3.63) is 144 Å². The van der Waals surface area contributed by atoms with Crippen LogP contribution in [0.4, 0.5) is 0 Å². The summed E-state index contributed by atoms with van der Waals surface area (Å²) in [6.07, 6.45) is 0. The van der Waals surface area contributed by atoms with Crippen LogP contribution in [-0.4, -0.2) is 24.8 Å². The normalized spacial score (nSPS) is 10.5. The van der Waals surface area contributed by atoms with E-state index in [2.05, 4.69) is 0 Å². The highest BCUT2D eigenvalue weighted by molar-refractivity contribution is 6.11. The molecule has 0 atom stereocenters. The molecule has 0 fully saturated rings. The summed E-state index contributed by atoms with van der Waals surface area (Å²) in [5, 5.41) is 0. The number of carbonyl (C=O) groups excluding carboxylic acids is 3. The third-order valence-corrected chi connectivity index (χ3v) is 6.64. The Morgan fingerprint density at radius 1 is 0.643 bits per heavy atom. The van der Waals surface area contributed by atoms with E-state index in [1.54, 1.807) is 30.3 Å². The van der Waals surface area contributed by atoms with Gasteiger partial charge in [0.05, 0.1) is 7.11 Å². The molecule has 0 aliphatic carbocycles. The van der Waals surface area contributed by atoms with Crippen molar-refractivity contribution in [2.45, 2.75) is 13.5 Å². The van der Waals surface area contributed by atoms with Crippen LogP contribution in [0.25, 0.3) is 22.3 Å². The Hall–Kier alpha value is -5.49. The number of hydrogen-bond acceptors (Lipinski definition) is 6. The molecule has 0 aromatic heterocycles. The Labute approximate surface area is 244 Å². The van der Waals surface area contributed by atoms with Crippen molar-refractivity contribution < 1.29 is 28.6 Å². The summed E-state index contributed by atoms with van der Waals surface area (Å²) < 4.78 is 16.7. The molecule has 208 valence electrons. The van der Waals surface area contributed by atoms with Gasteiger partial charge in [-0.1, -0.05) is 97.1 Å². The standard InChI is InChI=1S/C36H28O6/c1-24(37)42-33-20-25(18-19-30(33)36(39)40-2)23-41-35-31(26-12-6-3-7-13-26)21-29(34(38)28-16-10-5-11-17-28)22-32(35)27-14-8-4-9-15-27/h3-22H,23H2,1-2H3. The summed E-state index contributed by atoms with van der Waals surface area (Å²) in [5.74, 6) is -0.598. The van der Waals surface area contributed by atoms with Gasteiger partial charge in [0, 0.05) is 29.2 Å². The Morgan fingerprint density at radius 2 is 1.19 bits per heavy atom. The van der Waals surface area contributed by atoms with Gasteiger partial charge < -0.3 is 14.2 Å². The zero-order valence-corrected chi connectivity index (χ0v) is 23.2. The largest absolute Gasteiger partial charge is 0.488 e. The molecule has 0 N–H and O–H groups in total. The number of ketones is 1. The smallest absolute Gasteiger partial charge is 0.341 e. The fraction of sp³-hybridized carbons (Fsp3) is 0.0833. The minimum atomic E-state index is -0.616. The Kier molecular flexibility index (Phi) is 8.54. The number of rotatable bonds is 9. The predicted molar refractivity (Wildman–Crippen MR) is 161 cm³/mol. The maximum Gasteiger partial charge on any atom is 0.341 e. The molecule has 0 saturated carbocycles. The first-order valence-electron chi connectivity index (χ1n) is 13.4. The van der Waals surface area contributed by atoms with Crippen molar-refractivity contribution in [2.24, 2.45) is 0 Å². The molecule has 42 heavy (non-hydrogen) atoms. The van der Waals surface area contributed by atoms with Gasteiger partial charge in [0.25, 0.3) is 0 Å². The fourth-order valence-electron chi connectivity index (χ4n) is 4.67. The van der Waals surface area contributed by atoms with E-state index in [-0.39, 0.29) is 23.7 Å². The SMILES string of the molecule is COC(=O)c1ccc(COc2c(-c3ccccc3)cc(C(=O)c3ccccc3)cc2-c2ccccc2)cc1OC(C)=O. The zero-order chi connectivity index (χ0) is 29.5. The van der Waals surface area contributed by atoms with Crippen molar-refractivity contribution in [1.29, 1.82) is 0 Å². The quantitative estimate of drug-likeness (QED) is 0.106. The van der Waals surface area contributed by atoms with E-state index in [1.807, 2.05) is 91.0 Å². The van der Waals surface area contributed by atoms with Gasteiger partial charge in [-0.25, -0.2) is 4.79 Å². The summed E-state index contributed by atoms with van der Waals surface area (Å²) in [4.78, 5) is 37.6. The lowest BCUT2D eigenvalue weighted by atomic mass is 9.91. The third-order valence-electron chi connectivity index (χ3n) is 6.64. The van der Waals surface area contributed by atoms with Crippen LogP contribution in [0.1, 0.15) is 38.8 Å². The molecule has 0 spiro atoms. The second-order valence-corrected chi connectivity index (χ2v) is 9.53. The van der Waals surface area contributed by atoms with Crippen molar-refractivity contribution in [1.82, 2.24) is 0 Å². The minimum absolute atomic E-state index is 0.0887. The Morgan fingerprint density at radius 3 is 1.71 bits per heavy atom. The molecule has 6 nitrogen and oxygen atoms in total. The molecular formula is C36H28O6. The van der Waals surface area contributed by atoms with Gasteiger partial charge in [0.2, 0.25) is 0 Å². The van der Waals surface area contributed by atoms with Crippen LogP contribution >= 0.6 is 0 Å². The van der Waals surface area contributed by atoms with Crippen molar-refractivity contribution in [3.8, 4) is 33.8 Å². The topological polar surface area (TPSA) is 78.9 Å². The lowest BCUT2D eigenvalue weighted by Crippen LogP contribution is -2.10. The molecule has 0 aliphatic heterocycles. The molecule has 0 heterocycles. The number of carbonyl (C=O) groups is 3. The summed E-state index contributed by atoms with van der Waals surface area (Å²) in [6, 6.07) is 37.2. The van der Waals surface area contributed by atoms with E-state index in [4.69, 9.17) is 14.2 Å². The van der Waals surface area contributed by atoms with Gasteiger partial charge in [-0.2, -0.15) is 0 Å². The van der Waals surface area contributed by atoms with Gasteiger partial charge in [0.15, 0.2) is 5.78 Å². The molecule has 0 bridgehead atoms. The molecule has 0 unspecified atom stereocenters. The summed E-state index contributed by atoms with van der Waals surface area (Å²) >= 11 is 0. The van der Waals surface area contributed by atoms with Crippen LogP contribution < -0.4 is 9.47 Å². The molecular weight excluding hydrogens is 528 g/mol. The van der Waals surface area contributed by atoms with Gasteiger partial charge in [-0.15, -0.1) is 0 Å². The van der Waals surface area contributed by atoms with Crippen LogP contribution in [0.3, 0.4) is 0 Å². The van der Waals surface area contributed by atoms with Crippen molar-refractivity contribution >= 4 is 17.7 Å². The molecule has 0 aliphatic rings. The van der Waals surface area contributed by atoms with E-state index in [1.165, 1.54) is 14.0 Å². The lowest BCUT2D eigenvalue weighted by molar-refractivity contribution is -0.131. The van der Waals surface area contributed by atoms with Crippen LogP contribution in [-0.2, 0) is 16.1 Å². The number of methoxy groups -OCH3 is 1. The van der Waals surface area contributed by atoms with E-state index in [0.717, 1.165) is 22.3 Å². The monoisotopic (exact) mass is 556 g/mol. The summed E-state index contributed by atoms with van der Waals surface area (Å²) in [6.45, 7) is 1.36. The van der Waals surface area contributed by atoms with Gasteiger partial charge >= 0.3 is 11.9 Å². The molecule has 0 saturated heterocycles. The second kappa shape index (κ2) is 12.8. The fourth-order valence-corrected chi connectivity index (χ4v) is 4.67. The second-order valence-electron chi connectivity index (χ2n) is 9.53. The first kappa shape index (κ1) is 28.1. The summed E-state index contributed by atoms with van der Waals surface area (Å²) in [5.41, 5.74) is 5.20. The maximum atomic E-state index is 13.6. The highest BCUT2D eigenvalue weighted by Gasteiger charge is 2.21. The van der Waals surface area contributed by atoms with Crippen LogP contribution in [0.2, 0.25) is 0 Å². The molecule has 5 aromatic rings. The Balaban J connectivity index is 1.63. The highest BCUT2D eigenvalue weighted by atomic mass is 16.5. The van der Waals surface area contributed by atoms with Crippen LogP contribution in [0.15, 0.2) is 121 Å². The number of benzene rings is 5. The first-order chi connectivity index (χ1) is 20.4. The predicted octanol–water partition coefficient (Wildman–Crippen LogP) is 7.54. The molecule has 6 heteroatoms. The van der Waals surface area contributed by atoms with Crippen molar-refractivity contribution in [2.75, 3.05) is 7.11 Å². The van der Waals surface area contributed by atoms with E-state index >= 15 is 0 Å². The number of ether oxygens (including phenoxy) is 3. The Bertz CT molecular complexity index is 1670. The summed E-state index contributed by atoms with van der Waals surface area (Å²) in [7, 11) is 1.26. The number of esters is 2. The molecule has 0 amide bonds. The maximum absolute atomic E-state index is 13.6. The first-order valence-corrected chi connectivity index (χ1v) is 13.4. The van der Waals surface area contributed by atoms with E-state index in [0.29, 0.717) is 22.4 Å². The van der Waals surface area contributed by atoms with Crippen molar-refractivity contribution in [3.63, 3.8) is 0 Å². The highest BCUT2D eigenvalue weighted by Crippen LogP contribution is 2.41. The number of hydrogen-bond donors (Lipinski definition) is 0. The average Bonchev–Trinajstić information content (AvgIpc) is 3.03. The average molecular weight is 557 g/mol.